The molecule has 6 nitrogen and oxygen atoms in total. The van der Waals surface area contributed by atoms with Crippen LogP contribution in [0.5, 0.6) is 0 Å². The third kappa shape index (κ3) is 6.95. The average Bonchev–Trinajstić information content (AvgIpc) is 2.44. The summed E-state index contributed by atoms with van der Waals surface area (Å²) in [6.07, 6.45) is 5.66. The topological polar surface area (TPSA) is 62.2 Å². The molecule has 0 aromatic heterocycles. The van der Waals surface area contributed by atoms with E-state index in [9.17, 15) is 8.42 Å². The van der Waals surface area contributed by atoms with Gasteiger partial charge in [-0.25, -0.2) is 8.42 Å². The van der Waals surface area contributed by atoms with Gasteiger partial charge in [-0.05, 0) is 13.3 Å². The van der Waals surface area contributed by atoms with Crippen molar-refractivity contribution in [3.8, 4) is 0 Å². The first-order valence-electron chi connectivity index (χ1n) is 7.19. The Morgan fingerprint density at radius 1 is 1.33 bits per heavy atom. The molecule has 1 unspecified atom stereocenters. The lowest BCUT2D eigenvalue weighted by Crippen LogP contribution is -2.48. The molecule has 0 amide bonds. The second-order valence-electron chi connectivity index (χ2n) is 5.46. The number of nitrogens with zero attached hydrogens (tertiary/aromatic N) is 3. The molecule has 1 rings (SSSR count). The summed E-state index contributed by atoms with van der Waals surface area (Å²) in [7, 11) is 0.481. The molecule has 0 bridgehead atoms. The summed E-state index contributed by atoms with van der Waals surface area (Å²) in [4.78, 5) is 8.50. The van der Waals surface area contributed by atoms with Crippen LogP contribution >= 0.6 is 0 Å². The molecule has 0 N–H and O–H groups in total. The maximum Gasteiger partial charge on any atom is 0.152 e. The molecule has 1 atom stereocenters. The quantitative estimate of drug-likeness (QED) is 0.509. The maximum absolute atomic E-state index is 11.2. The Labute approximate surface area is 128 Å². The fraction of sp³-hybridized carbons (Fsp3) is 0.786. The van der Waals surface area contributed by atoms with Gasteiger partial charge in [-0.1, -0.05) is 0 Å². The van der Waals surface area contributed by atoms with E-state index in [0.29, 0.717) is 12.5 Å². The van der Waals surface area contributed by atoms with Crippen LogP contribution in [0, 0.1) is 0 Å². The minimum atomic E-state index is -2.87. The Balaban J connectivity index is 2.44. The van der Waals surface area contributed by atoms with Crippen LogP contribution in [0.1, 0.15) is 13.3 Å². The molecular formula is C14H27N3O3S. The molecule has 21 heavy (non-hydrogen) atoms. The Kier molecular flexibility index (Phi) is 7.17. The van der Waals surface area contributed by atoms with E-state index in [2.05, 4.69) is 21.7 Å². The lowest BCUT2D eigenvalue weighted by atomic mass is 10.2. The molecule has 1 aliphatic rings. The molecule has 122 valence electrons. The molecule has 0 radical (unpaired) electrons. The van der Waals surface area contributed by atoms with Crippen LogP contribution in [0.3, 0.4) is 0 Å². The monoisotopic (exact) mass is 317 g/mol. The van der Waals surface area contributed by atoms with Crippen molar-refractivity contribution in [2.75, 3.05) is 52.3 Å². The number of sulfone groups is 1. The first-order valence-corrected chi connectivity index (χ1v) is 9.25. The van der Waals surface area contributed by atoms with Gasteiger partial charge in [0.05, 0.1) is 19.1 Å². The van der Waals surface area contributed by atoms with E-state index in [1.165, 1.54) is 6.26 Å². The predicted octanol–water partition coefficient (Wildman–Crippen LogP) is 0.616. The highest BCUT2D eigenvalue weighted by atomic mass is 32.2. The van der Waals surface area contributed by atoms with Crippen LogP contribution in [0.4, 0.5) is 0 Å². The van der Waals surface area contributed by atoms with Crippen LogP contribution < -0.4 is 0 Å². The van der Waals surface area contributed by atoms with Crippen molar-refractivity contribution < 1.29 is 13.2 Å². The maximum atomic E-state index is 11.2. The summed E-state index contributed by atoms with van der Waals surface area (Å²) < 4.78 is 27.7. The van der Waals surface area contributed by atoms with E-state index in [1.54, 1.807) is 20.4 Å². The van der Waals surface area contributed by atoms with Crippen molar-refractivity contribution in [2.24, 2.45) is 4.99 Å². The lowest BCUT2D eigenvalue weighted by Gasteiger charge is -2.37. The number of piperazine rings is 1. The summed E-state index contributed by atoms with van der Waals surface area (Å²) in [6, 6.07) is 0.296. The molecule has 1 heterocycles. The molecular weight excluding hydrogens is 290 g/mol. The van der Waals surface area contributed by atoms with Gasteiger partial charge in [0.15, 0.2) is 5.76 Å². The standard InChI is InChI=1S/C14H27N3O3S/c1-13(5-10-21(4,18)19)17-8-6-16(7-9-17)12-14(20-3)11-15-2/h11-13H,5-10H2,1-4H3/b14-12+,15-11-. The normalized spacial score (nSPS) is 20.0. The smallest absolute Gasteiger partial charge is 0.152 e. The Morgan fingerprint density at radius 3 is 2.43 bits per heavy atom. The van der Waals surface area contributed by atoms with Gasteiger partial charge in [0.25, 0.3) is 0 Å². The summed E-state index contributed by atoms with van der Waals surface area (Å²) in [5.41, 5.74) is 0. The highest BCUT2D eigenvalue weighted by Crippen LogP contribution is 2.11. The summed E-state index contributed by atoms with van der Waals surface area (Å²) in [5, 5.41) is 0. The van der Waals surface area contributed by atoms with Gasteiger partial charge < -0.3 is 9.64 Å². The van der Waals surface area contributed by atoms with E-state index in [4.69, 9.17) is 4.74 Å². The van der Waals surface area contributed by atoms with Gasteiger partial charge in [-0.15, -0.1) is 0 Å². The second-order valence-corrected chi connectivity index (χ2v) is 7.72. The fourth-order valence-corrected chi connectivity index (χ4v) is 3.09. The second kappa shape index (κ2) is 8.38. The molecule has 0 aromatic rings. The largest absolute Gasteiger partial charge is 0.494 e. The number of hydrogen-bond donors (Lipinski definition) is 0. The summed E-state index contributed by atoms with van der Waals surface area (Å²) in [6.45, 7) is 5.78. The van der Waals surface area contributed by atoms with Crippen molar-refractivity contribution in [2.45, 2.75) is 19.4 Å². The Bertz CT molecular complexity index is 466. The van der Waals surface area contributed by atoms with Gasteiger partial charge >= 0.3 is 0 Å². The van der Waals surface area contributed by atoms with Gasteiger partial charge in [-0.2, -0.15) is 0 Å². The Morgan fingerprint density at radius 2 is 1.95 bits per heavy atom. The molecule has 7 heteroatoms. The zero-order valence-electron chi connectivity index (χ0n) is 13.4. The van der Waals surface area contributed by atoms with Crippen LogP contribution in [0.2, 0.25) is 0 Å². The first-order chi connectivity index (χ1) is 9.85. The Hall–Kier alpha value is -1.08. The van der Waals surface area contributed by atoms with Crippen molar-refractivity contribution >= 4 is 16.1 Å². The van der Waals surface area contributed by atoms with Crippen LogP contribution in [-0.4, -0.2) is 82.8 Å². The third-order valence-corrected chi connectivity index (χ3v) is 4.66. The van der Waals surface area contributed by atoms with Crippen molar-refractivity contribution in [3.05, 3.63) is 12.0 Å². The number of rotatable bonds is 7. The lowest BCUT2D eigenvalue weighted by molar-refractivity contribution is 0.125. The molecule has 1 aliphatic heterocycles. The van der Waals surface area contributed by atoms with Crippen LogP contribution in [-0.2, 0) is 14.6 Å². The van der Waals surface area contributed by atoms with E-state index in [0.717, 1.165) is 31.9 Å². The number of ether oxygens (including phenoxy) is 1. The third-order valence-electron chi connectivity index (χ3n) is 3.68. The number of methoxy groups -OCH3 is 1. The minimum absolute atomic E-state index is 0.259. The van der Waals surface area contributed by atoms with Crippen LogP contribution in [0.25, 0.3) is 0 Å². The number of allylic oxidation sites excluding steroid dienone is 1. The van der Waals surface area contributed by atoms with E-state index >= 15 is 0 Å². The molecule has 0 aromatic carbocycles. The first kappa shape index (κ1) is 18.0. The zero-order chi connectivity index (χ0) is 15.9. The summed E-state index contributed by atoms with van der Waals surface area (Å²) in [5.74, 6) is 1.01. The van der Waals surface area contributed by atoms with E-state index in [-0.39, 0.29) is 5.75 Å². The predicted molar refractivity (Wildman–Crippen MR) is 86.4 cm³/mol. The highest BCUT2D eigenvalue weighted by molar-refractivity contribution is 7.90. The molecule has 0 spiro atoms. The van der Waals surface area contributed by atoms with E-state index < -0.39 is 9.84 Å². The zero-order valence-corrected chi connectivity index (χ0v) is 14.3. The SMILES string of the molecule is C/N=C\C(=C/N1CCN(C(C)CCS(C)(=O)=O)CC1)OC. The van der Waals surface area contributed by atoms with Gasteiger partial charge in [0.2, 0.25) is 0 Å². The highest BCUT2D eigenvalue weighted by Gasteiger charge is 2.20. The van der Waals surface area contributed by atoms with Gasteiger partial charge in [0.1, 0.15) is 9.84 Å². The molecule has 1 fully saturated rings. The van der Waals surface area contributed by atoms with Crippen molar-refractivity contribution in [1.29, 1.82) is 0 Å². The minimum Gasteiger partial charge on any atom is -0.494 e. The van der Waals surface area contributed by atoms with Gasteiger partial charge in [0, 0.05) is 51.7 Å². The molecule has 1 saturated heterocycles. The average molecular weight is 317 g/mol. The van der Waals surface area contributed by atoms with E-state index in [1.807, 2.05) is 6.20 Å². The molecule has 0 saturated carbocycles. The van der Waals surface area contributed by atoms with Crippen molar-refractivity contribution in [1.82, 2.24) is 9.80 Å². The van der Waals surface area contributed by atoms with Crippen molar-refractivity contribution in [3.63, 3.8) is 0 Å². The summed E-state index contributed by atoms with van der Waals surface area (Å²) >= 11 is 0. The molecule has 0 aliphatic carbocycles. The number of hydrogen-bond acceptors (Lipinski definition) is 6. The van der Waals surface area contributed by atoms with Crippen LogP contribution in [0.15, 0.2) is 17.0 Å². The van der Waals surface area contributed by atoms with Gasteiger partial charge in [-0.3, -0.25) is 9.89 Å². The fourth-order valence-electron chi connectivity index (χ4n) is 2.32. The number of aliphatic imine (C=N–C) groups is 1.